The van der Waals surface area contributed by atoms with E-state index in [2.05, 4.69) is 51.4 Å². The summed E-state index contributed by atoms with van der Waals surface area (Å²) in [5, 5.41) is 5.21. The molecule has 1 aromatic rings. The number of amidine groups is 1. The van der Waals surface area contributed by atoms with E-state index in [4.69, 9.17) is 0 Å². The zero-order chi connectivity index (χ0) is 15.1. The second-order valence-corrected chi connectivity index (χ2v) is 5.27. The lowest BCUT2D eigenvalue weighted by molar-refractivity contribution is 1.03. The highest BCUT2D eigenvalue weighted by atomic mass is 32.2. The Kier molecular flexibility index (Phi) is 5.51. The number of allylic oxidation sites excluding steroid dienone is 3. The summed E-state index contributed by atoms with van der Waals surface area (Å²) in [5.41, 5.74) is 7.23. The van der Waals surface area contributed by atoms with Gasteiger partial charge in [0.2, 0.25) is 0 Å². The molecule has 1 N–H and O–H groups in total. The lowest BCUT2D eigenvalue weighted by Crippen LogP contribution is -2.25. The van der Waals surface area contributed by atoms with Crippen molar-refractivity contribution in [3.63, 3.8) is 0 Å². The van der Waals surface area contributed by atoms with Gasteiger partial charge in [-0.2, -0.15) is 5.10 Å². The molecule has 0 bridgehead atoms. The number of nitrogens with zero attached hydrogens (tertiary/aromatic N) is 3. The largest absolute Gasteiger partial charge is 0.296 e. The molecule has 1 heterocycles. The molecular formula is C16H18N4S. The molecule has 0 aliphatic carbocycles. The van der Waals surface area contributed by atoms with Gasteiger partial charge < -0.3 is 0 Å². The molecule has 5 heteroatoms. The number of benzene rings is 1. The van der Waals surface area contributed by atoms with Gasteiger partial charge in [0.1, 0.15) is 0 Å². The smallest absolute Gasteiger partial charge is 0.177 e. The third kappa shape index (κ3) is 3.92. The first kappa shape index (κ1) is 15.3. The van der Waals surface area contributed by atoms with E-state index in [1.165, 1.54) is 0 Å². The average molecular weight is 298 g/mol. The number of hydrogen-bond donors (Lipinski definition) is 1. The van der Waals surface area contributed by atoms with Crippen LogP contribution in [0.1, 0.15) is 11.1 Å². The van der Waals surface area contributed by atoms with E-state index in [0.29, 0.717) is 0 Å². The van der Waals surface area contributed by atoms with E-state index in [1.807, 2.05) is 12.3 Å². The van der Waals surface area contributed by atoms with Crippen molar-refractivity contribution in [2.24, 2.45) is 15.1 Å². The van der Waals surface area contributed by atoms with Crippen LogP contribution in [-0.4, -0.2) is 36.9 Å². The molecule has 4 nitrogen and oxygen atoms in total. The number of nitrogens with one attached hydrogen (secondary N) is 1. The molecule has 0 unspecified atom stereocenters. The second-order valence-electron chi connectivity index (χ2n) is 4.31. The van der Waals surface area contributed by atoms with Gasteiger partial charge in [0.15, 0.2) is 5.17 Å². The van der Waals surface area contributed by atoms with Gasteiger partial charge in [-0.1, -0.05) is 54.8 Å². The maximum atomic E-state index is 4.36. The van der Waals surface area contributed by atoms with E-state index >= 15 is 0 Å². The maximum absolute atomic E-state index is 4.36. The quantitative estimate of drug-likeness (QED) is 0.686. The molecular weight excluding hydrogens is 280 g/mol. The molecule has 1 aliphatic rings. The number of aliphatic imine (C=N–C) groups is 2. The molecule has 2 rings (SSSR count). The predicted octanol–water partition coefficient (Wildman–Crippen LogP) is 2.98. The fraction of sp³-hybridized carbons (Fsp3) is 0.188. The summed E-state index contributed by atoms with van der Waals surface area (Å²) < 4.78 is 0. The predicted molar refractivity (Wildman–Crippen MR) is 94.5 cm³/mol. The van der Waals surface area contributed by atoms with Crippen molar-refractivity contribution in [2.45, 2.75) is 0 Å². The number of hydrazone groups is 1. The summed E-state index contributed by atoms with van der Waals surface area (Å²) in [4.78, 5) is 8.15. The first-order valence-electron chi connectivity index (χ1n) is 6.56. The number of rotatable bonds is 4. The molecule has 0 atom stereocenters. The van der Waals surface area contributed by atoms with Crippen LogP contribution < -0.4 is 5.43 Å². The van der Waals surface area contributed by atoms with Crippen LogP contribution in [0, 0.1) is 0 Å². The van der Waals surface area contributed by atoms with Crippen LogP contribution in [0.15, 0.2) is 58.1 Å². The van der Waals surface area contributed by atoms with Crippen molar-refractivity contribution in [3.8, 4) is 0 Å². The minimum absolute atomic E-state index is 0.824. The van der Waals surface area contributed by atoms with Crippen LogP contribution in [0.25, 0.3) is 5.57 Å². The lowest BCUT2D eigenvalue weighted by Gasteiger charge is -2.14. The normalized spacial score (nSPS) is 17.7. The highest BCUT2D eigenvalue weighted by molar-refractivity contribution is 8.14. The van der Waals surface area contributed by atoms with Gasteiger partial charge in [-0.15, -0.1) is 0 Å². The van der Waals surface area contributed by atoms with E-state index in [-0.39, 0.29) is 0 Å². The Morgan fingerprint density at radius 3 is 2.62 bits per heavy atom. The first-order valence-corrected chi connectivity index (χ1v) is 7.55. The van der Waals surface area contributed by atoms with Gasteiger partial charge in [0.25, 0.3) is 0 Å². The molecule has 0 amide bonds. The van der Waals surface area contributed by atoms with Crippen molar-refractivity contribution in [1.29, 1.82) is 0 Å². The van der Waals surface area contributed by atoms with Crippen molar-refractivity contribution in [2.75, 3.05) is 19.8 Å². The Morgan fingerprint density at radius 1 is 1.33 bits per heavy atom. The van der Waals surface area contributed by atoms with E-state index < -0.39 is 0 Å². The molecule has 0 radical (unpaired) electrons. The van der Waals surface area contributed by atoms with Crippen molar-refractivity contribution in [1.82, 2.24) is 5.43 Å². The molecule has 0 fully saturated rings. The summed E-state index contributed by atoms with van der Waals surface area (Å²) in [5.74, 6) is 0.824. The van der Waals surface area contributed by atoms with Gasteiger partial charge in [-0.25, -0.2) is 0 Å². The van der Waals surface area contributed by atoms with E-state index in [1.54, 1.807) is 31.9 Å². The molecule has 108 valence electrons. The minimum atomic E-state index is 0.824. The zero-order valence-corrected chi connectivity index (χ0v) is 13.0. The van der Waals surface area contributed by atoms with Gasteiger partial charge in [0.05, 0.1) is 5.71 Å². The summed E-state index contributed by atoms with van der Waals surface area (Å²) in [7, 11) is 3.52. The molecule has 0 spiro atoms. The van der Waals surface area contributed by atoms with Crippen molar-refractivity contribution < 1.29 is 0 Å². The topological polar surface area (TPSA) is 49.1 Å². The van der Waals surface area contributed by atoms with Crippen molar-refractivity contribution >= 4 is 34.4 Å². The first-order chi connectivity index (χ1) is 10.3. The third-order valence-corrected chi connectivity index (χ3v) is 3.92. The van der Waals surface area contributed by atoms with E-state index in [9.17, 15) is 0 Å². The Hall–Kier alpha value is -2.14. The lowest BCUT2D eigenvalue weighted by atomic mass is 10.0. The molecule has 0 saturated carbocycles. The highest BCUT2D eigenvalue weighted by Gasteiger charge is 2.12. The van der Waals surface area contributed by atoms with Crippen LogP contribution in [-0.2, 0) is 0 Å². The van der Waals surface area contributed by atoms with E-state index in [0.717, 1.165) is 33.3 Å². The summed E-state index contributed by atoms with van der Waals surface area (Å²) in [6.45, 7) is 3.73. The highest BCUT2D eigenvalue weighted by Crippen LogP contribution is 2.17. The third-order valence-electron chi connectivity index (χ3n) is 2.95. The summed E-state index contributed by atoms with van der Waals surface area (Å²) in [6.07, 6.45) is 5.54. The zero-order valence-electron chi connectivity index (χ0n) is 12.2. The van der Waals surface area contributed by atoms with Crippen LogP contribution in [0.5, 0.6) is 0 Å². The molecule has 1 aliphatic heterocycles. The van der Waals surface area contributed by atoms with Crippen LogP contribution in [0.3, 0.4) is 0 Å². The summed E-state index contributed by atoms with van der Waals surface area (Å²) in [6, 6.07) is 8.29. The molecule has 0 aromatic heterocycles. The SMILES string of the molecule is C=C/C=C(\C=NC)c1ccc(C2=NNC(=NC)SC2)cc1. The Balaban J connectivity index is 2.21. The average Bonchev–Trinajstić information content (AvgIpc) is 2.55. The Labute approximate surface area is 129 Å². The summed E-state index contributed by atoms with van der Waals surface area (Å²) >= 11 is 1.66. The van der Waals surface area contributed by atoms with Gasteiger partial charge >= 0.3 is 0 Å². The van der Waals surface area contributed by atoms with Crippen LogP contribution in [0.2, 0.25) is 0 Å². The number of thioether (sulfide) groups is 1. The van der Waals surface area contributed by atoms with Crippen LogP contribution in [0.4, 0.5) is 0 Å². The molecule has 0 saturated heterocycles. The molecule has 1 aromatic carbocycles. The number of hydrogen-bond acceptors (Lipinski definition) is 4. The molecule has 21 heavy (non-hydrogen) atoms. The van der Waals surface area contributed by atoms with Crippen LogP contribution >= 0.6 is 11.8 Å². The van der Waals surface area contributed by atoms with Gasteiger partial charge in [-0.05, 0) is 16.7 Å². The monoisotopic (exact) mass is 298 g/mol. The van der Waals surface area contributed by atoms with Crippen molar-refractivity contribution in [3.05, 3.63) is 54.1 Å². The Morgan fingerprint density at radius 2 is 2.10 bits per heavy atom. The maximum Gasteiger partial charge on any atom is 0.177 e. The van der Waals surface area contributed by atoms with Gasteiger partial charge in [-0.3, -0.25) is 15.4 Å². The fourth-order valence-electron chi connectivity index (χ4n) is 1.91. The minimum Gasteiger partial charge on any atom is -0.296 e. The second kappa shape index (κ2) is 7.59. The fourth-order valence-corrected chi connectivity index (χ4v) is 2.66. The Bertz CT molecular complexity index is 624. The van der Waals surface area contributed by atoms with Gasteiger partial charge in [0, 0.05) is 26.1 Å². The standard InChI is InChI=1S/C16H18N4S/c1-4-5-14(10-17-2)12-6-8-13(9-7-12)15-11-21-16(18-3)20-19-15/h4-10H,1,11H2,2-3H3,(H,18,20)/b14-5+,17-10?.